The van der Waals surface area contributed by atoms with Crippen LogP contribution < -0.4 is 0 Å². The molecule has 0 aromatic rings. The van der Waals surface area contributed by atoms with Crippen LogP contribution in [0.25, 0.3) is 0 Å². The highest BCUT2D eigenvalue weighted by atomic mass is 16.3. The van der Waals surface area contributed by atoms with Crippen LogP contribution in [-0.4, -0.2) is 33.5 Å². The van der Waals surface area contributed by atoms with E-state index < -0.39 is 23.3 Å². The molecular formula is C15H18O4. The number of ketones is 2. The predicted molar refractivity (Wildman–Crippen MR) is 73.2 cm³/mol. The Hall–Kier alpha value is -1.96. The maximum atomic E-state index is 11.3. The van der Waals surface area contributed by atoms with E-state index in [-0.39, 0.29) is 6.42 Å². The highest BCUT2D eigenvalue weighted by Gasteiger charge is 2.35. The van der Waals surface area contributed by atoms with Gasteiger partial charge in [0.1, 0.15) is 6.10 Å². The van der Waals surface area contributed by atoms with Gasteiger partial charge in [-0.25, -0.2) is 0 Å². The zero-order valence-corrected chi connectivity index (χ0v) is 11.1. The minimum Gasteiger partial charge on any atom is -0.389 e. The molecule has 0 amide bonds. The molecule has 0 saturated heterocycles. The molecule has 0 bridgehead atoms. The lowest BCUT2D eigenvalue weighted by Gasteiger charge is -2.24. The van der Waals surface area contributed by atoms with Crippen LogP contribution in [0, 0.1) is 11.8 Å². The third kappa shape index (κ3) is 5.96. The second-order valence-electron chi connectivity index (χ2n) is 3.99. The summed E-state index contributed by atoms with van der Waals surface area (Å²) in [6.07, 6.45) is 5.65. The van der Waals surface area contributed by atoms with E-state index in [9.17, 15) is 19.8 Å². The highest BCUT2D eigenvalue weighted by molar-refractivity contribution is 6.04. The molecule has 0 radical (unpaired) electrons. The molecule has 19 heavy (non-hydrogen) atoms. The summed E-state index contributed by atoms with van der Waals surface area (Å²) >= 11 is 0. The van der Waals surface area contributed by atoms with E-state index in [1.165, 1.54) is 13.0 Å². The van der Waals surface area contributed by atoms with Crippen molar-refractivity contribution in [2.45, 2.75) is 32.0 Å². The second-order valence-corrected chi connectivity index (χ2v) is 3.99. The molecule has 2 N–H and O–H groups in total. The van der Waals surface area contributed by atoms with Gasteiger partial charge in [-0.15, -0.1) is 0 Å². The van der Waals surface area contributed by atoms with Gasteiger partial charge >= 0.3 is 0 Å². The van der Waals surface area contributed by atoms with Gasteiger partial charge in [-0.3, -0.25) is 9.59 Å². The van der Waals surface area contributed by atoms with Crippen molar-refractivity contribution >= 4 is 11.6 Å². The lowest BCUT2D eigenvalue weighted by Crippen LogP contribution is -2.45. The van der Waals surface area contributed by atoms with Crippen LogP contribution in [0.2, 0.25) is 0 Å². The molecule has 0 aromatic carbocycles. The summed E-state index contributed by atoms with van der Waals surface area (Å²) in [7, 11) is 0. The Kier molecular flexibility index (Phi) is 7.35. The lowest BCUT2D eigenvalue weighted by molar-refractivity contribution is -0.141. The molecule has 102 valence electrons. The van der Waals surface area contributed by atoms with Gasteiger partial charge in [0, 0.05) is 6.42 Å². The summed E-state index contributed by atoms with van der Waals surface area (Å²) in [6.45, 7) is 6.23. The fourth-order valence-corrected chi connectivity index (χ4v) is 1.10. The summed E-state index contributed by atoms with van der Waals surface area (Å²) in [6, 6.07) is 0. The van der Waals surface area contributed by atoms with E-state index in [1.807, 2.05) is 6.92 Å². The van der Waals surface area contributed by atoms with Gasteiger partial charge in [0.15, 0.2) is 11.4 Å². The number of aliphatic hydroxyl groups excluding tert-OH is 1. The molecule has 2 atom stereocenters. The monoisotopic (exact) mass is 262 g/mol. The first-order valence-corrected chi connectivity index (χ1v) is 5.75. The van der Waals surface area contributed by atoms with Gasteiger partial charge in [-0.2, -0.15) is 0 Å². The average molecular weight is 262 g/mol. The summed E-state index contributed by atoms with van der Waals surface area (Å²) in [5.41, 5.74) is -1.94. The van der Waals surface area contributed by atoms with Crippen LogP contribution in [0.5, 0.6) is 0 Å². The highest BCUT2D eigenvalue weighted by Crippen LogP contribution is 2.14. The van der Waals surface area contributed by atoms with Gasteiger partial charge in [0.25, 0.3) is 0 Å². The van der Waals surface area contributed by atoms with Gasteiger partial charge in [0.05, 0.1) is 0 Å². The third-order valence-electron chi connectivity index (χ3n) is 2.39. The molecule has 0 aromatic heterocycles. The SMILES string of the molecule is C=CC(=O)[C@](C)(O)[C@H](O)CC#CC(=O)/C=C/C=C/C. The quantitative estimate of drug-likeness (QED) is 0.323. The van der Waals surface area contributed by atoms with Gasteiger partial charge in [-0.05, 0) is 31.9 Å². The minimum atomic E-state index is -1.94. The van der Waals surface area contributed by atoms with Crippen LogP contribution in [-0.2, 0) is 9.59 Å². The zero-order valence-electron chi connectivity index (χ0n) is 11.1. The van der Waals surface area contributed by atoms with Crippen molar-refractivity contribution in [1.29, 1.82) is 0 Å². The topological polar surface area (TPSA) is 74.6 Å². The van der Waals surface area contributed by atoms with Crippen LogP contribution in [0.4, 0.5) is 0 Å². The Morgan fingerprint density at radius 3 is 2.58 bits per heavy atom. The molecule has 0 rings (SSSR count). The number of aliphatic hydroxyl groups is 2. The molecule has 0 aliphatic carbocycles. The maximum Gasteiger partial charge on any atom is 0.228 e. The first-order chi connectivity index (χ1) is 8.86. The third-order valence-corrected chi connectivity index (χ3v) is 2.39. The van der Waals surface area contributed by atoms with Crippen molar-refractivity contribution in [2.75, 3.05) is 0 Å². The van der Waals surface area contributed by atoms with E-state index >= 15 is 0 Å². The van der Waals surface area contributed by atoms with Crippen LogP contribution in [0.3, 0.4) is 0 Å². The second kappa shape index (κ2) is 8.20. The van der Waals surface area contributed by atoms with Crippen LogP contribution in [0.1, 0.15) is 20.3 Å². The number of allylic oxidation sites excluding steroid dienone is 4. The number of hydrogen-bond donors (Lipinski definition) is 2. The van der Waals surface area contributed by atoms with Crippen molar-refractivity contribution in [3.8, 4) is 11.8 Å². The zero-order chi connectivity index (χ0) is 14.9. The number of rotatable bonds is 6. The Morgan fingerprint density at radius 2 is 2.05 bits per heavy atom. The molecule has 0 heterocycles. The Balaban J connectivity index is 4.54. The average Bonchev–Trinajstić information content (AvgIpc) is 2.37. The van der Waals surface area contributed by atoms with Gasteiger partial charge in [0.2, 0.25) is 5.78 Å². The number of hydrogen-bond acceptors (Lipinski definition) is 4. The largest absolute Gasteiger partial charge is 0.389 e. The van der Waals surface area contributed by atoms with Crippen molar-refractivity contribution in [3.05, 3.63) is 37.0 Å². The molecule has 0 spiro atoms. The molecule has 0 aliphatic heterocycles. The van der Waals surface area contributed by atoms with E-state index in [1.54, 1.807) is 18.2 Å². The molecule has 0 unspecified atom stereocenters. The molecule has 0 aliphatic rings. The van der Waals surface area contributed by atoms with Gasteiger partial charge in [-0.1, -0.05) is 30.7 Å². The molecular weight excluding hydrogens is 244 g/mol. The Labute approximate surface area is 113 Å². The van der Waals surface area contributed by atoms with Gasteiger partial charge < -0.3 is 10.2 Å². The lowest BCUT2D eigenvalue weighted by atomic mass is 9.92. The first-order valence-electron chi connectivity index (χ1n) is 5.75. The minimum absolute atomic E-state index is 0.185. The number of carbonyl (C=O) groups excluding carboxylic acids is 2. The van der Waals surface area contributed by atoms with Crippen molar-refractivity contribution in [3.63, 3.8) is 0 Å². The van der Waals surface area contributed by atoms with Crippen molar-refractivity contribution in [1.82, 2.24) is 0 Å². The van der Waals surface area contributed by atoms with Crippen LogP contribution in [0.15, 0.2) is 37.0 Å². The van der Waals surface area contributed by atoms with Crippen molar-refractivity contribution in [2.24, 2.45) is 0 Å². The van der Waals surface area contributed by atoms with E-state index in [4.69, 9.17) is 0 Å². The summed E-state index contributed by atoms with van der Waals surface area (Å²) in [5, 5.41) is 19.4. The first kappa shape index (κ1) is 17.0. The smallest absolute Gasteiger partial charge is 0.228 e. The van der Waals surface area contributed by atoms with Crippen molar-refractivity contribution < 1.29 is 19.8 Å². The Morgan fingerprint density at radius 1 is 1.42 bits per heavy atom. The normalized spacial score (nSPS) is 15.6. The van der Waals surface area contributed by atoms with E-state index in [0.717, 1.165) is 6.08 Å². The maximum absolute atomic E-state index is 11.3. The predicted octanol–water partition coefficient (Wildman–Crippen LogP) is 0.948. The fraction of sp³-hybridized carbons (Fsp3) is 0.333. The summed E-state index contributed by atoms with van der Waals surface area (Å²) < 4.78 is 0. The molecule has 4 nitrogen and oxygen atoms in total. The summed E-state index contributed by atoms with van der Waals surface area (Å²) in [5.74, 6) is 3.60. The molecule has 4 heteroatoms. The summed E-state index contributed by atoms with van der Waals surface area (Å²) in [4.78, 5) is 22.5. The number of carbonyl (C=O) groups is 2. The standard InChI is InChI=1S/C15H18O4/c1-4-6-7-9-12(16)10-8-11-14(18)15(3,19)13(17)5-2/h4-7,9,14,18-19H,2,11H2,1,3H3/b6-4+,9-7+/t14-,15+/m1/s1. The van der Waals surface area contributed by atoms with E-state index in [2.05, 4.69) is 18.4 Å². The molecule has 0 fully saturated rings. The molecule has 0 saturated carbocycles. The fourth-order valence-electron chi connectivity index (χ4n) is 1.10. The van der Waals surface area contributed by atoms with E-state index in [0.29, 0.717) is 0 Å². The van der Waals surface area contributed by atoms with Crippen LogP contribution >= 0.6 is 0 Å². The Bertz CT molecular complexity index is 458.